The highest BCUT2D eigenvalue weighted by Crippen LogP contribution is 2.34. The van der Waals surface area contributed by atoms with Crippen molar-refractivity contribution in [1.82, 2.24) is 4.98 Å². The third-order valence-electron chi connectivity index (χ3n) is 4.13. The van der Waals surface area contributed by atoms with E-state index in [4.69, 9.17) is 5.73 Å². The minimum atomic E-state index is 0.400. The molecule has 19 heavy (non-hydrogen) atoms. The van der Waals surface area contributed by atoms with Gasteiger partial charge in [0.2, 0.25) is 0 Å². The number of rotatable bonds is 2. The van der Waals surface area contributed by atoms with Crippen LogP contribution >= 0.6 is 15.9 Å². The predicted molar refractivity (Wildman–Crippen MR) is 83.4 cm³/mol. The maximum Gasteiger partial charge on any atom is 0.136 e. The maximum atomic E-state index is 5.95. The van der Waals surface area contributed by atoms with Gasteiger partial charge in [-0.1, -0.05) is 35.0 Å². The molecule has 1 aliphatic rings. The van der Waals surface area contributed by atoms with Gasteiger partial charge in [-0.2, -0.15) is 0 Å². The summed E-state index contributed by atoms with van der Waals surface area (Å²) in [5, 5.41) is 2.41. The molecule has 1 aromatic carbocycles. The van der Waals surface area contributed by atoms with Crippen LogP contribution in [0.4, 0.5) is 5.82 Å². The van der Waals surface area contributed by atoms with Crippen molar-refractivity contribution < 1.29 is 0 Å². The maximum absolute atomic E-state index is 5.95. The Balaban J connectivity index is 2.13. The van der Waals surface area contributed by atoms with Crippen LogP contribution in [-0.2, 0) is 0 Å². The quantitative estimate of drug-likeness (QED) is 0.924. The first-order valence-corrected chi connectivity index (χ1v) is 7.51. The van der Waals surface area contributed by atoms with Crippen LogP contribution in [0.1, 0.15) is 13.3 Å². The summed E-state index contributed by atoms with van der Waals surface area (Å²) < 4.78 is 1.12. The van der Waals surface area contributed by atoms with E-state index in [2.05, 4.69) is 57.0 Å². The second kappa shape index (κ2) is 5.10. The predicted octanol–water partition coefficient (Wildman–Crippen LogP) is 3.17. The molecule has 1 aromatic heterocycles. The van der Waals surface area contributed by atoms with Crippen molar-refractivity contribution >= 4 is 32.5 Å². The Morgan fingerprint density at radius 2 is 2.21 bits per heavy atom. The number of benzene rings is 1. The van der Waals surface area contributed by atoms with Crippen LogP contribution in [0.3, 0.4) is 0 Å². The Hall–Kier alpha value is -1.13. The summed E-state index contributed by atoms with van der Waals surface area (Å²) >= 11 is 3.61. The lowest BCUT2D eigenvalue weighted by Crippen LogP contribution is -2.38. The van der Waals surface area contributed by atoms with Crippen molar-refractivity contribution in [3.8, 4) is 0 Å². The smallest absolute Gasteiger partial charge is 0.136 e. The van der Waals surface area contributed by atoms with Gasteiger partial charge >= 0.3 is 0 Å². The van der Waals surface area contributed by atoms with Gasteiger partial charge in [-0.3, -0.25) is 0 Å². The van der Waals surface area contributed by atoms with Gasteiger partial charge in [0.15, 0.2) is 0 Å². The lowest BCUT2D eigenvalue weighted by atomic mass is 10.0. The van der Waals surface area contributed by atoms with Crippen LogP contribution in [0.15, 0.2) is 34.9 Å². The summed E-state index contributed by atoms with van der Waals surface area (Å²) in [7, 11) is 0. The van der Waals surface area contributed by atoms with E-state index >= 15 is 0 Å². The van der Waals surface area contributed by atoms with Gasteiger partial charge in [0, 0.05) is 40.6 Å². The topological polar surface area (TPSA) is 42.2 Å². The highest BCUT2D eigenvalue weighted by atomic mass is 79.9. The Kier molecular flexibility index (Phi) is 3.46. The molecule has 4 heteroatoms. The number of nitrogens with zero attached hydrogens (tertiary/aromatic N) is 2. The van der Waals surface area contributed by atoms with Crippen molar-refractivity contribution in [1.29, 1.82) is 0 Å². The lowest BCUT2D eigenvalue weighted by molar-refractivity contribution is 0.518. The second-order valence-corrected chi connectivity index (χ2v) is 6.09. The molecule has 0 amide bonds. The third-order valence-corrected chi connectivity index (χ3v) is 4.82. The Labute approximate surface area is 121 Å². The average Bonchev–Trinajstić information content (AvgIpc) is 2.79. The van der Waals surface area contributed by atoms with Gasteiger partial charge in [0.25, 0.3) is 0 Å². The number of nitrogens with two attached hydrogens (primary N) is 1. The molecule has 3 nitrogen and oxygen atoms in total. The zero-order valence-electron chi connectivity index (χ0n) is 11.0. The van der Waals surface area contributed by atoms with Gasteiger partial charge in [-0.25, -0.2) is 4.98 Å². The molecule has 2 atom stereocenters. The molecule has 0 saturated carbocycles. The molecule has 2 aromatic rings. The zero-order valence-corrected chi connectivity index (χ0v) is 12.6. The second-order valence-electron chi connectivity index (χ2n) is 5.23. The van der Waals surface area contributed by atoms with E-state index in [9.17, 15) is 0 Å². The number of pyridine rings is 1. The van der Waals surface area contributed by atoms with E-state index in [-0.39, 0.29) is 0 Å². The van der Waals surface area contributed by atoms with Crippen LogP contribution in [0.2, 0.25) is 0 Å². The summed E-state index contributed by atoms with van der Waals surface area (Å²) in [6, 6.07) is 8.73. The summed E-state index contributed by atoms with van der Waals surface area (Å²) in [6.45, 7) is 4.01. The fourth-order valence-electron chi connectivity index (χ4n) is 3.01. The molecule has 100 valence electrons. The van der Waals surface area contributed by atoms with Crippen LogP contribution in [0.5, 0.6) is 0 Å². The molecule has 0 spiro atoms. The third kappa shape index (κ3) is 2.13. The minimum Gasteiger partial charge on any atom is -0.352 e. The fourth-order valence-corrected chi connectivity index (χ4v) is 3.51. The van der Waals surface area contributed by atoms with E-state index in [0.29, 0.717) is 18.5 Å². The number of hydrogen-bond acceptors (Lipinski definition) is 3. The summed E-state index contributed by atoms with van der Waals surface area (Å²) in [4.78, 5) is 6.99. The Morgan fingerprint density at radius 3 is 3.00 bits per heavy atom. The molecule has 2 heterocycles. The lowest BCUT2D eigenvalue weighted by Gasteiger charge is -2.27. The first kappa shape index (κ1) is 12.9. The molecule has 0 bridgehead atoms. The fraction of sp³-hybridized carbons (Fsp3) is 0.400. The van der Waals surface area contributed by atoms with Crippen LogP contribution < -0.4 is 10.6 Å². The average molecular weight is 320 g/mol. The molecule has 2 unspecified atom stereocenters. The number of halogens is 1. The van der Waals surface area contributed by atoms with Crippen LogP contribution in [0.25, 0.3) is 10.8 Å². The number of anilines is 1. The summed E-state index contributed by atoms with van der Waals surface area (Å²) in [5.74, 6) is 1.70. The van der Waals surface area contributed by atoms with Gasteiger partial charge in [0.05, 0.1) is 0 Å². The molecule has 1 fully saturated rings. The highest BCUT2D eigenvalue weighted by Gasteiger charge is 2.31. The van der Waals surface area contributed by atoms with Gasteiger partial charge in [-0.15, -0.1) is 0 Å². The standard InChI is InChI=1S/C15H18BrN3/c1-10-6-8-19(14(10)9-17)15-12-3-2-4-13(16)11(12)5-7-18-15/h2-5,7,10,14H,6,8-9,17H2,1H3. The summed E-state index contributed by atoms with van der Waals surface area (Å²) in [6.07, 6.45) is 3.08. The Bertz CT molecular complexity index is 599. The number of hydrogen-bond donors (Lipinski definition) is 1. The van der Waals surface area contributed by atoms with Crippen molar-refractivity contribution in [2.75, 3.05) is 18.0 Å². The highest BCUT2D eigenvalue weighted by molar-refractivity contribution is 9.10. The van der Waals surface area contributed by atoms with E-state index in [1.165, 1.54) is 17.2 Å². The molecule has 0 aliphatic carbocycles. The molecule has 2 N–H and O–H groups in total. The minimum absolute atomic E-state index is 0.400. The van der Waals surface area contributed by atoms with E-state index < -0.39 is 0 Å². The summed E-state index contributed by atoms with van der Waals surface area (Å²) in [5.41, 5.74) is 5.95. The number of aromatic nitrogens is 1. The van der Waals surface area contributed by atoms with Gasteiger partial charge in [0.1, 0.15) is 5.82 Å². The molecule has 1 saturated heterocycles. The van der Waals surface area contributed by atoms with Gasteiger partial charge < -0.3 is 10.6 Å². The van der Waals surface area contributed by atoms with Crippen molar-refractivity contribution in [3.63, 3.8) is 0 Å². The SMILES string of the molecule is CC1CCN(c2nccc3c(Br)cccc23)C1CN. The van der Waals surface area contributed by atoms with Gasteiger partial charge in [-0.05, 0) is 24.5 Å². The largest absolute Gasteiger partial charge is 0.352 e. The molecule has 3 rings (SSSR count). The first-order chi connectivity index (χ1) is 9.22. The van der Waals surface area contributed by atoms with Crippen LogP contribution in [-0.4, -0.2) is 24.1 Å². The van der Waals surface area contributed by atoms with Crippen molar-refractivity contribution in [3.05, 3.63) is 34.9 Å². The van der Waals surface area contributed by atoms with Crippen LogP contribution in [0, 0.1) is 5.92 Å². The molecular formula is C15H18BrN3. The van der Waals surface area contributed by atoms with Crippen molar-refractivity contribution in [2.45, 2.75) is 19.4 Å². The Morgan fingerprint density at radius 1 is 1.37 bits per heavy atom. The first-order valence-electron chi connectivity index (χ1n) is 6.72. The number of fused-ring (bicyclic) bond motifs is 1. The molecule has 0 radical (unpaired) electrons. The zero-order chi connectivity index (χ0) is 13.4. The molecule has 1 aliphatic heterocycles. The van der Waals surface area contributed by atoms with E-state index in [1.807, 2.05) is 6.20 Å². The van der Waals surface area contributed by atoms with E-state index in [1.54, 1.807) is 0 Å². The monoisotopic (exact) mass is 319 g/mol. The van der Waals surface area contributed by atoms with E-state index in [0.717, 1.165) is 16.8 Å². The van der Waals surface area contributed by atoms with Crippen molar-refractivity contribution in [2.24, 2.45) is 11.7 Å². The molecular weight excluding hydrogens is 302 g/mol. The normalized spacial score (nSPS) is 23.2.